The zero-order valence-corrected chi connectivity index (χ0v) is 13.3. The van der Waals surface area contributed by atoms with Gasteiger partial charge in [-0.3, -0.25) is 0 Å². The number of esters is 1. The number of hydrogen-bond donors (Lipinski definition) is 0. The Kier molecular flexibility index (Phi) is 5.74. The van der Waals surface area contributed by atoms with Gasteiger partial charge in [0, 0.05) is 6.54 Å². The van der Waals surface area contributed by atoms with Gasteiger partial charge in [-0.2, -0.15) is 4.31 Å². The van der Waals surface area contributed by atoms with Crippen LogP contribution < -0.4 is 0 Å². The number of nitrogens with zero attached hydrogens (tertiary/aromatic N) is 1. The molecule has 1 rings (SSSR count). The van der Waals surface area contributed by atoms with Gasteiger partial charge in [0.25, 0.3) is 0 Å². The molecule has 0 spiro atoms. The first-order valence-corrected chi connectivity index (χ1v) is 8.32. The number of sulfonamides is 1. The predicted molar refractivity (Wildman–Crippen MR) is 78.3 cm³/mol. The third-order valence-corrected chi connectivity index (χ3v) is 5.87. The summed E-state index contributed by atoms with van der Waals surface area (Å²) in [6.45, 7) is 3.80. The van der Waals surface area contributed by atoms with Crippen molar-refractivity contribution in [2.75, 3.05) is 20.2 Å². The molecule has 1 aromatic rings. The molecule has 0 aromatic carbocycles. The summed E-state index contributed by atoms with van der Waals surface area (Å²) in [7, 11) is -2.58. The molecule has 1 heterocycles. The van der Waals surface area contributed by atoms with Crippen molar-refractivity contribution in [3.05, 3.63) is 15.8 Å². The van der Waals surface area contributed by atoms with E-state index in [-0.39, 0.29) is 16.3 Å². The van der Waals surface area contributed by atoms with Crippen LogP contribution in [0, 0.1) is 19.3 Å². The summed E-state index contributed by atoms with van der Waals surface area (Å²) in [6, 6.07) is 0. The second kappa shape index (κ2) is 6.88. The molecule has 7 heteroatoms. The maximum absolute atomic E-state index is 12.7. The van der Waals surface area contributed by atoms with Crippen LogP contribution in [0.5, 0.6) is 0 Å². The fourth-order valence-corrected chi connectivity index (χ4v) is 4.86. The van der Waals surface area contributed by atoms with Crippen molar-refractivity contribution in [2.24, 2.45) is 0 Å². The fourth-order valence-electron chi connectivity index (χ4n) is 1.75. The van der Waals surface area contributed by atoms with Crippen molar-refractivity contribution >= 4 is 27.3 Å². The minimum atomic E-state index is -3.80. The molecule has 0 atom stereocenters. The highest BCUT2D eigenvalue weighted by molar-refractivity contribution is 7.89. The van der Waals surface area contributed by atoms with E-state index in [1.165, 1.54) is 11.4 Å². The van der Waals surface area contributed by atoms with Gasteiger partial charge in [0.1, 0.15) is 9.77 Å². The first-order chi connectivity index (χ1) is 9.39. The van der Waals surface area contributed by atoms with Gasteiger partial charge in [-0.05, 0) is 24.3 Å². The fraction of sp³-hybridized carbons (Fsp3) is 0.462. The molecule has 110 valence electrons. The summed E-state index contributed by atoms with van der Waals surface area (Å²) < 4.78 is 31.2. The van der Waals surface area contributed by atoms with Gasteiger partial charge in [0.05, 0.1) is 13.7 Å². The van der Waals surface area contributed by atoms with Crippen LogP contribution in [-0.2, 0) is 14.8 Å². The highest BCUT2D eigenvalue weighted by Gasteiger charge is 2.31. The van der Waals surface area contributed by atoms with Crippen molar-refractivity contribution in [2.45, 2.75) is 25.2 Å². The van der Waals surface area contributed by atoms with Crippen molar-refractivity contribution in [3.8, 4) is 12.3 Å². The van der Waals surface area contributed by atoms with E-state index in [0.29, 0.717) is 18.5 Å². The molecular formula is C13H17NO4S2. The Morgan fingerprint density at radius 1 is 1.55 bits per heavy atom. The number of carbonyl (C=O) groups excluding carboxylic acids is 1. The third-order valence-electron chi connectivity index (χ3n) is 2.63. The second-order valence-electron chi connectivity index (χ2n) is 4.11. The van der Waals surface area contributed by atoms with Gasteiger partial charge < -0.3 is 4.74 Å². The molecule has 0 aliphatic heterocycles. The molecule has 0 unspecified atom stereocenters. The Balaban J connectivity index is 3.38. The average molecular weight is 315 g/mol. The Labute approximate surface area is 123 Å². The summed E-state index contributed by atoms with van der Waals surface area (Å²) in [5, 5.41) is 1.62. The molecule has 20 heavy (non-hydrogen) atoms. The molecule has 0 saturated heterocycles. The second-order valence-corrected chi connectivity index (χ2v) is 6.87. The molecular weight excluding hydrogens is 298 g/mol. The number of hydrogen-bond acceptors (Lipinski definition) is 5. The molecule has 0 N–H and O–H groups in total. The standard InChI is InChI=1S/C13H17NO4S2/c1-5-7-14(8-6-2)20(16,17)12-10(3)9-19-11(12)13(15)18-4/h1,9H,6-8H2,2-4H3. The molecule has 0 radical (unpaired) electrons. The predicted octanol–water partition coefficient (Wildman–Crippen LogP) is 1.88. The third kappa shape index (κ3) is 3.20. The lowest BCUT2D eigenvalue weighted by atomic mass is 10.3. The van der Waals surface area contributed by atoms with Crippen molar-refractivity contribution < 1.29 is 17.9 Å². The van der Waals surface area contributed by atoms with Gasteiger partial charge in [-0.15, -0.1) is 17.8 Å². The number of methoxy groups -OCH3 is 1. The molecule has 1 aromatic heterocycles. The molecule has 0 bridgehead atoms. The van der Waals surface area contributed by atoms with Crippen LogP contribution in [-0.4, -0.2) is 38.9 Å². The topological polar surface area (TPSA) is 63.7 Å². The van der Waals surface area contributed by atoms with E-state index < -0.39 is 16.0 Å². The number of rotatable bonds is 6. The van der Waals surface area contributed by atoms with E-state index >= 15 is 0 Å². The van der Waals surface area contributed by atoms with E-state index in [2.05, 4.69) is 10.7 Å². The van der Waals surface area contributed by atoms with Crippen molar-refractivity contribution in [1.29, 1.82) is 0 Å². The van der Waals surface area contributed by atoms with Crippen LogP contribution in [0.4, 0.5) is 0 Å². The summed E-state index contributed by atoms with van der Waals surface area (Å²) in [5.74, 6) is 1.68. The molecule has 0 amide bonds. The smallest absolute Gasteiger partial charge is 0.349 e. The number of aryl methyl sites for hydroxylation is 1. The minimum absolute atomic E-state index is 0.00181. The van der Waals surface area contributed by atoms with Crippen LogP contribution in [0.3, 0.4) is 0 Å². The highest BCUT2D eigenvalue weighted by Crippen LogP contribution is 2.30. The van der Waals surface area contributed by atoms with Gasteiger partial charge in [-0.25, -0.2) is 13.2 Å². The van der Waals surface area contributed by atoms with Crippen LogP contribution in [0.25, 0.3) is 0 Å². The van der Waals surface area contributed by atoms with E-state index in [4.69, 9.17) is 6.42 Å². The number of thiophene rings is 1. The van der Waals surface area contributed by atoms with E-state index in [1.807, 2.05) is 6.92 Å². The van der Waals surface area contributed by atoms with Crippen LogP contribution in [0.2, 0.25) is 0 Å². The van der Waals surface area contributed by atoms with Gasteiger partial charge in [-0.1, -0.05) is 12.8 Å². The van der Waals surface area contributed by atoms with Crippen molar-refractivity contribution in [3.63, 3.8) is 0 Å². The normalized spacial score (nSPS) is 11.3. The van der Waals surface area contributed by atoms with Crippen LogP contribution >= 0.6 is 11.3 Å². The van der Waals surface area contributed by atoms with E-state index in [9.17, 15) is 13.2 Å². The summed E-state index contributed by atoms with van der Waals surface area (Å²) >= 11 is 1.06. The summed E-state index contributed by atoms with van der Waals surface area (Å²) in [6.07, 6.45) is 5.86. The van der Waals surface area contributed by atoms with Gasteiger partial charge in [0.2, 0.25) is 10.0 Å². The number of ether oxygens (including phenoxy) is 1. The Bertz CT molecular complexity index is 625. The monoisotopic (exact) mass is 315 g/mol. The maximum atomic E-state index is 12.7. The minimum Gasteiger partial charge on any atom is -0.465 e. The molecule has 0 aliphatic carbocycles. The SMILES string of the molecule is C#CCN(CCC)S(=O)(=O)c1c(C)csc1C(=O)OC. The average Bonchev–Trinajstić information content (AvgIpc) is 2.80. The largest absolute Gasteiger partial charge is 0.465 e. The molecule has 0 aliphatic rings. The number of terminal acetylenes is 1. The summed E-state index contributed by atoms with van der Waals surface area (Å²) in [4.78, 5) is 11.8. The summed E-state index contributed by atoms with van der Waals surface area (Å²) in [5.41, 5.74) is 0.522. The molecule has 0 saturated carbocycles. The van der Waals surface area contributed by atoms with E-state index in [1.54, 1.807) is 12.3 Å². The quantitative estimate of drug-likeness (QED) is 0.594. The number of carbonyl (C=O) groups is 1. The Morgan fingerprint density at radius 3 is 2.70 bits per heavy atom. The zero-order valence-electron chi connectivity index (χ0n) is 11.7. The highest BCUT2D eigenvalue weighted by atomic mass is 32.2. The van der Waals surface area contributed by atoms with Crippen LogP contribution in [0.15, 0.2) is 10.3 Å². The van der Waals surface area contributed by atoms with Gasteiger partial charge >= 0.3 is 5.97 Å². The van der Waals surface area contributed by atoms with Crippen molar-refractivity contribution in [1.82, 2.24) is 4.31 Å². The lowest BCUT2D eigenvalue weighted by Crippen LogP contribution is -2.33. The van der Waals surface area contributed by atoms with Crippen LogP contribution in [0.1, 0.15) is 28.6 Å². The maximum Gasteiger partial charge on any atom is 0.349 e. The first kappa shape index (κ1) is 16.7. The molecule has 5 nitrogen and oxygen atoms in total. The zero-order chi connectivity index (χ0) is 15.3. The Morgan fingerprint density at radius 2 is 2.20 bits per heavy atom. The molecule has 0 fully saturated rings. The van der Waals surface area contributed by atoms with Gasteiger partial charge in [0.15, 0.2) is 0 Å². The Hall–Kier alpha value is -1.36. The van der Waals surface area contributed by atoms with E-state index in [0.717, 1.165) is 11.3 Å². The first-order valence-electron chi connectivity index (χ1n) is 6.00. The lowest BCUT2D eigenvalue weighted by molar-refractivity contribution is 0.0602. The lowest BCUT2D eigenvalue weighted by Gasteiger charge is -2.19.